The number of imide groups is 1. The average molecular weight is 388 g/mol. The van der Waals surface area contributed by atoms with E-state index in [1.807, 2.05) is 0 Å². The molecule has 144 valence electrons. The molecular formula is C19H14F2N2O5. The van der Waals surface area contributed by atoms with Crippen molar-refractivity contribution in [2.75, 3.05) is 11.9 Å². The molecule has 2 aromatic carbocycles. The van der Waals surface area contributed by atoms with E-state index in [1.54, 1.807) is 12.1 Å². The van der Waals surface area contributed by atoms with E-state index in [9.17, 15) is 28.0 Å². The molecule has 1 aliphatic rings. The minimum atomic E-state index is -1.27. The largest absolute Gasteiger partial charge is 0.454 e. The van der Waals surface area contributed by atoms with Crippen LogP contribution in [0.4, 0.5) is 14.5 Å². The van der Waals surface area contributed by atoms with Gasteiger partial charge in [0.15, 0.2) is 6.61 Å². The minimum absolute atomic E-state index is 0.173. The van der Waals surface area contributed by atoms with Crippen LogP contribution in [0.1, 0.15) is 27.6 Å². The van der Waals surface area contributed by atoms with E-state index in [0.29, 0.717) is 0 Å². The predicted octanol–water partition coefficient (Wildman–Crippen LogP) is 2.13. The highest BCUT2D eigenvalue weighted by atomic mass is 19.1. The summed E-state index contributed by atoms with van der Waals surface area (Å²) in [4.78, 5) is 49.4. The Balaban J connectivity index is 1.61. The molecule has 0 bridgehead atoms. The quantitative estimate of drug-likeness (QED) is 0.626. The Morgan fingerprint density at radius 3 is 2.29 bits per heavy atom. The summed E-state index contributed by atoms with van der Waals surface area (Å²) >= 11 is 0. The number of fused-ring (bicyclic) bond motifs is 1. The van der Waals surface area contributed by atoms with Crippen LogP contribution in [0.5, 0.6) is 0 Å². The smallest absolute Gasteiger partial charge is 0.329 e. The third-order valence-electron chi connectivity index (χ3n) is 4.10. The molecule has 1 aliphatic heterocycles. The molecule has 1 atom stereocenters. The fourth-order valence-corrected chi connectivity index (χ4v) is 2.70. The van der Waals surface area contributed by atoms with Crippen molar-refractivity contribution in [2.24, 2.45) is 0 Å². The number of rotatable bonds is 5. The molecule has 0 aliphatic carbocycles. The fraction of sp³-hybridized carbons (Fsp3) is 0.158. The Labute approximate surface area is 157 Å². The number of nitrogens with one attached hydrogen (secondary N) is 1. The van der Waals surface area contributed by atoms with Gasteiger partial charge in [-0.3, -0.25) is 19.3 Å². The van der Waals surface area contributed by atoms with Crippen LogP contribution in [0.2, 0.25) is 0 Å². The Hall–Kier alpha value is -3.62. The van der Waals surface area contributed by atoms with Gasteiger partial charge >= 0.3 is 5.97 Å². The number of carbonyl (C=O) groups excluding carboxylic acids is 4. The number of halogens is 2. The fourth-order valence-electron chi connectivity index (χ4n) is 2.70. The van der Waals surface area contributed by atoms with E-state index in [-0.39, 0.29) is 11.1 Å². The van der Waals surface area contributed by atoms with Crippen LogP contribution in [-0.2, 0) is 14.3 Å². The van der Waals surface area contributed by atoms with Crippen molar-refractivity contribution in [1.29, 1.82) is 0 Å². The zero-order valence-electron chi connectivity index (χ0n) is 14.6. The van der Waals surface area contributed by atoms with Gasteiger partial charge in [-0.1, -0.05) is 12.1 Å². The van der Waals surface area contributed by atoms with Crippen LogP contribution in [0.15, 0.2) is 42.5 Å². The lowest BCUT2D eigenvalue weighted by atomic mass is 10.1. The van der Waals surface area contributed by atoms with Gasteiger partial charge in [-0.2, -0.15) is 0 Å². The molecule has 1 N–H and O–H groups in total. The molecule has 9 heteroatoms. The second kappa shape index (κ2) is 7.55. The number of benzene rings is 2. The maximum absolute atomic E-state index is 13.5. The summed E-state index contributed by atoms with van der Waals surface area (Å²) in [7, 11) is 0. The van der Waals surface area contributed by atoms with Crippen LogP contribution in [-0.4, -0.2) is 41.2 Å². The number of amides is 3. The molecule has 0 radical (unpaired) electrons. The first-order chi connectivity index (χ1) is 13.3. The molecule has 7 nitrogen and oxygen atoms in total. The van der Waals surface area contributed by atoms with Crippen molar-refractivity contribution in [2.45, 2.75) is 13.0 Å². The second-order valence-electron chi connectivity index (χ2n) is 5.98. The van der Waals surface area contributed by atoms with Crippen LogP contribution >= 0.6 is 0 Å². The van der Waals surface area contributed by atoms with Crippen LogP contribution in [0, 0.1) is 11.6 Å². The van der Waals surface area contributed by atoms with Gasteiger partial charge in [0, 0.05) is 6.07 Å². The van der Waals surface area contributed by atoms with Crippen LogP contribution in [0.3, 0.4) is 0 Å². The van der Waals surface area contributed by atoms with Crippen molar-refractivity contribution < 1.29 is 32.7 Å². The highest BCUT2D eigenvalue weighted by Gasteiger charge is 2.41. The van der Waals surface area contributed by atoms with Crippen molar-refractivity contribution in [3.8, 4) is 0 Å². The molecule has 3 rings (SSSR count). The molecule has 0 saturated carbocycles. The van der Waals surface area contributed by atoms with Gasteiger partial charge in [0.25, 0.3) is 17.7 Å². The topological polar surface area (TPSA) is 92.8 Å². The monoisotopic (exact) mass is 388 g/mol. The summed E-state index contributed by atoms with van der Waals surface area (Å²) in [5.74, 6) is -4.81. The molecule has 0 spiro atoms. The lowest BCUT2D eigenvalue weighted by Crippen LogP contribution is -2.44. The highest BCUT2D eigenvalue weighted by molar-refractivity contribution is 6.22. The Kier molecular flexibility index (Phi) is 5.16. The minimum Gasteiger partial charge on any atom is -0.454 e. The molecule has 0 fully saturated rings. The summed E-state index contributed by atoms with van der Waals surface area (Å²) in [5, 5.41) is 2.07. The van der Waals surface area contributed by atoms with E-state index in [0.717, 1.165) is 23.1 Å². The molecule has 28 heavy (non-hydrogen) atoms. The van der Waals surface area contributed by atoms with Crippen molar-refractivity contribution in [1.82, 2.24) is 4.90 Å². The van der Waals surface area contributed by atoms with Crippen molar-refractivity contribution >= 4 is 29.4 Å². The molecule has 3 amide bonds. The molecule has 1 heterocycles. The number of nitrogens with zero attached hydrogens (tertiary/aromatic N) is 1. The van der Waals surface area contributed by atoms with E-state index in [1.165, 1.54) is 19.1 Å². The first kappa shape index (κ1) is 19.2. The van der Waals surface area contributed by atoms with Gasteiger partial charge in [0.05, 0.1) is 16.8 Å². The standard InChI is InChI=1S/C19H14F2N2O5/c1-10(23-17(25)12-4-2-3-5-13(12)18(23)26)19(27)28-9-16(24)22-15-8-11(20)6-7-14(15)21/h2-8,10H,9H2,1H3,(H,22,24). The second-order valence-corrected chi connectivity index (χ2v) is 5.98. The van der Waals surface area contributed by atoms with E-state index < -0.39 is 53.7 Å². The molecule has 0 aromatic heterocycles. The Morgan fingerprint density at radius 1 is 1.07 bits per heavy atom. The number of ether oxygens (including phenoxy) is 1. The van der Waals surface area contributed by atoms with Crippen molar-refractivity contribution in [3.63, 3.8) is 0 Å². The number of hydrogen-bond acceptors (Lipinski definition) is 5. The Morgan fingerprint density at radius 2 is 1.68 bits per heavy atom. The first-order valence-electron chi connectivity index (χ1n) is 8.18. The molecular weight excluding hydrogens is 374 g/mol. The molecule has 0 saturated heterocycles. The van der Waals surface area contributed by atoms with E-state index >= 15 is 0 Å². The lowest BCUT2D eigenvalue weighted by molar-refractivity contribution is -0.150. The van der Waals surface area contributed by atoms with Gasteiger partial charge in [-0.25, -0.2) is 13.6 Å². The molecule has 1 unspecified atom stereocenters. The normalized spacial score (nSPS) is 13.9. The number of carbonyl (C=O) groups is 4. The number of esters is 1. The summed E-state index contributed by atoms with van der Waals surface area (Å²) in [6.07, 6.45) is 0. The average Bonchev–Trinajstić information content (AvgIpc) is 2.93. The Bertz CT molecular complexity index is 957. The maximum Gasteiger partial charge on any atom is 0.329 e. The predicted molar refractivity (Wildman–Crippen MR) is 92.4 cm³/mol. The third kappa shape index (κ3) is 3.59. The van der Waals surface area contributed by atoms with E-state index in [4.69, 9.17) is 4.74 Å². The van der Waals surface area contributed by atoms with Crippen LogP contribution in [0.25, 0.3) is 0 Å². The number of hydrogen-bond donors (Lipinski definition) is 1. The molecule has 2 aromatic rings. The third-order valence-corrected chi connectivity index (χ3v) is 4.10. The zero-order chi connectivity index (χ0) is 20.4. The van der Waals surface area contributed by atoms with Gasteiger partial charge in [0.1, 0.15) is 17.7 Å². The summed E-state index contributed by atoms with van der Waals surface area (Å²) in [6.45, 7) is 0.483. The summed E-state index contributed by atoms with van der Waals surface area (Å²) < 4.78 is 31.4. The first-order valence-corrected chi connectivity index (χ1v) is 8.18. The van der Waals surface area contributed by atoms with Crippen LogP contribution < -0.4 is 5.32 Å². The zero-order valence-corrected chi connectivity index (χ0v) is 14.6. The van der Waals surface area contributed by atoms with Gasteiger partial charge < -0.3 is 10.1 Å². The van der Waals surface area contributed by atoms with Crippen molar-refractivity contribution in [3.05, 3.63) is 65.2 Å². The van der Waals surface area contributed by atoms with Gasteiger partial charge in [0.2, 0.25) is 0 Å². The number of anilines is 1. The van der Waals surface area contributed by atoms with Gasteiger partial charge in [-0.05, 0) is 31.2 Å². The van der Waals surface area contributed by atoms with Gasteiger partial charge in [-0.15, -0.1) is 0 Å². The SMILES string of the molecule is CC(C(=O)OCC(=O)Nc1cc(F)ccc1F)N1C(=O)c2ccccc2C1=O. The van der Waals surface area contributed by atoms with E-state index in [2.05, 4.69) is 5.32 Å². The summed E-state index contributed by atoms with van der Waals surface area (Å²) in [6, 6.07) is 7.33. The highest BCUT2D eigenvalue weighted by Crippen LogP contribution is 2.24. The summed E-state index contributed by atoms with van der Waals surface area (Å²) in [5.41, 5.74) is -0.0626. The lowest BCUT2D eigenvalue weighted by Gasteiger charge is -2.20. The maximum atomic E-state index is 13.5.